The number of carbonyl (C=O) groups excluding carboxylic acids is 1. The van der Waals surface area contributed by atoms with Gasteiger partial charge in [0.05, 0.1) is 6.54 Å². The van der Waals surface area contributed by atoms with E-state index in [1.807, 2.05) is 31.2 Å². The lowest BCUT2D eigenvalue weighted by molar-refractivity contribution is -0.119. The number of likely N-dealkylation sites (N-methyl/N-ethyl adjacent to an activating group) is 1. The van der Waals surface area contributed by atoms with Gasteiger partial charge in [0.1, 0.15) is 0 Å². The van der Waals surface area contributed by atoms with Gasteiger partial charge < -0.3 is 10.6 Å². The van der Waals surface area contributed by atoms with Crippen LogP contribution in [-0.2, 0) is 4.79 Å². The molecule has 15 heavy (non-hydrogen) atoms. The number of rotatable bonds is 4. The standard InChI is InChI=1S/C11H15ClN2O/c1-8(14-7-11(15)13-2)9-4-3-5-10(12)6-9/h3-6,8,14H,7H2,1-2H3,(H,13,15)/t8-/m0/s1. The Morgan fingerprint density at radius 2 is 2.27 bits per heavy atom. The van der Waals surface area contributed by atoms with Crippen LogP contribution in [0.5, 0.6) is 0 Å². The first-order chi connectivity index (χ1) is 7.13. The SMILES string of the molecule is CNC(=O)CN[C@@H](C)c1cccc(Cl)c1. The van der Waals surface area contributed by atoms with E-state index in [0.29, 0.717) is 11.6 Å². The molecule has 2 N–H and O–H groups in total. The smallest absolute Gasteiger partial charge is 0.233 e. The predicted octanol–water partition coefficient (Wildman–Crippen LogP) is 1.74. The summed E-state index contributed by atoms with van der Waals surface area (Å²) in [5.41, 5.74) is 1.08. The maximum atomic E-state index is 11.0. The van der Waals surface area contributed by atoms with E-state index in [1.54, 1.807) is 7.05 Å². The van der Waals surface area contributed by atoms with E-state index in [9.17, 15) is 4.79 Å². The Morgan fingerprint density at radius 3 is 2.87 bits per heavy atom. The van der Waals surface area contributed by atoms with Gasteiger partial charge in [-0.15, -0.1) is 0 Å². The van der Waals surface area contributed by atoms with Crippen LogP contribution in [0, 0.1) is 0 Å². The molecule has 1 aromatic rings. The van der Waals surface area contributed by atoms with Gasteiger partial charge in [-0.2, -0.15) is 0 Å². The van der Waals surface area contributed by atoms with E-state index in [2.05, 4.69) is 10.6 Å². The van der Waals surface area contributed by atoms with E-state index in [0.717, 1.165) is 5.56 Å². The summed E-state index contributed by atoms with van der Waals surface area (Å²) >= 11 is 5.87. The largest absolute Gasteiger partial charge is 0.358 e. The molecule has 0 aliphatic heterocycles. The van der Waals surface area contributed by atoms with Crippen molar-refractivity contribution in [2.75, 3.05) is 13.6 Å². The number of carbonyl (C=O) groups is 1. The minimum absolute atomic E-state index is 0.0242. The molecule has 82 valence electrons. The Bertz CT molecular complexity index is 341. The molecule has 0 aliphatic carbocycles. The van der Waals surface area contributed by atoms with Crippen LogP contribution < -0.4 is 10.6 Å². The van der Waals surface area contributed by atoms with Crippen molar-refractivity contribution in [3.05, 3.63) is 34.9 Å². The average Bonchev–Trinajstić information content (AvgIpc) is 2.25. The summed E-state index contributed by atoms with van der Waals surface area (Å²) in [7, 11) is 1.62. The maximum Gasteiger partial charge on any atom is 0.233 e. The van der Waals surface area contributed by atoms with Crippen molar-refractivity contribution in [2.45, 2.75) is 13.0 Å². The topological polar surface area (TPSA) is 41.1 Å². The predicted molar refractivity (Wildman–Crippen MR) is 61.9 cm³/mol. The zero-order valence-corrected chi connectivity index (χ0v) is 9.64. The Balaban J connectivity index is 2.53. The van der Waals surface area contributed by atoms with Gasteiger partial charge in [0.2, 0.25) is 5.91 Å². The summed E-state index contributed by atoms with van der Waals surface area (Å²) in [6.07, 6.45) is 0. The molecule has 0 aliphatic rings. The van der Waals surface area contributed by atoms with E-state index < -0.39 is 0 Å². The third kappa shape index (κ3) is 3.90. The van der Waals surface area contributed by atoms with Gasteiger partial charge >= 0.3 is 0 Å². The van der Waals surface area contributed by atoms with Gasteiger partial charge in [-0.25, -0.2) is 0 Å². The van der Waals surface area contributed by atoms with Crippen molar-refractivity contribution in [1.82, 2.24) is 10.6 Å². The summed E-state index contributed by atoms with van der Waals surface area (Å²) in [5.74, 6) is -0.0242. The number of amides is 1. The first-order valence-corrected chi connectivity index (χ1v) is 5.20. The summed E-state index contributed by atoms with van der Waals surface area (Å²) in [6, 6.07) is 7.71. The van der Waals surface area contributed by atoms with Crippen LogP contribution in [0.3, 0.4) is 0 Å². The lowest BCUT2D eigenvalue weighted by Gasteiger charge is -2.13. The highest BCUT2D eigenvalue weighted by atomic mass is 35.5. The second-order valence-corrected chi connectivity index (χ2v) is 3.77. The molecule has 1 rings (SSSR count). The van der Waals surface area contributed by atoms with Crippen LogP contribution in [0.2, 0.25) is 5.02 Å². The van der Waals surface area contributed by atoms with Gasteiger partial charge in [-0.3, -0.25) is 4.79 Å². The quantitative estimate of drug-likeness (QED) is 0.821. The number of hydrogen-bond donors (Lipinski definition) is 2. The Morgan fingerprint density at radius 1 is 1.53 bits per heavy atom. The molecule has 1 amide bonds. The molecule has 0 saturated carbocycles. The highest BCUT2D eigenvalue weighted by Gasteiger charge is 2.06. The van der Waals surface area contributed by atoms with Gasteiger partial charge in [0.15, 0.2) is 0 Å². The molecular weight excluding hydrogens is 212 g/mol. The monoisotopic (exact) mass is 226 g/mol. The van der Waals surface area contributed by atoms with Crippen molar-refractivity contribution < 1.29 is 4.79 Å². The highest BCUT2D eigenvalue weighted by molar-refractivity contribution is 6.30. The summed E-state index contributed by atoms with van der Waals surface area (Å²) in [5, 5.41) is 6.37. The molecule has 0 spiro atoms. The normalized spacial score (nSPS) is 12.2. The molecule has 0 fully saturated rings. The molecular formula is C11H15ClN2O. The van der Waals surface area contributed by atoms with Gasteiger partial charge in [0.25, 0.3) is 0 Å². The minimum Gasteiger partial charge on any atom is -0.358 e. The van der Waals surface area contributed by atoms with E-state index in [-0.39, 0.29) is 11.9 Å². The van der Waals surface area contributed by atoms with Crippen LogP contribution in [0.1, 0.15) is 18.5 Å². The summed E-state index contributed by atoms with van der Waals surface area (Å²) < 4.78 is 0. The lowest BCUT2D eigenvalue weighted by Crippen LogP contribution is -2.32. The average molecular weight is 227 g/mol. The van der Waals surface area contributed by atoms with Crippen molar-refractivity contribution in [1.29, 1.82) is 0 Å². The van der Waals surface area contributed by atoms with Crippen LogP contribution in [-0.4, -0.2) is 19.5 Å². The molecule has 3 nitrogen and oxygen atoms in total. The van der Waals surface area contributed by atoms with Crippen molar-refractivity contribution in [3.8, 4) is 0 Å². The molecule has 1 atom stereocenters. The van der Waals surface area contributed by atoms with Crippen LogP contribution in [0.15, 0.2) is 24.3 Å². The lowest BCUT2D eigenvalue weighted by atomic mass is 10.1. The molecule has 0 bridgehead atoms. The Kier molecular flexibility index (Phi) is 4.59. The second kappa shape index (κ2) is 5.73. The molecule has 0 heterocycles. The Labute approximate surface area is 94.8 Å². The van der Waals surface area contributed by atoms with E-state index in [1.165, 1.54) is 0 Å². The first-order valence-electron chi connectivity index (χ1n) is 4.83. The fourth-order valence-corrected chi connectivity index (χ4v) is 1.43. The zero-order valence-electron chi connectivity index (χ0n) is 8.88. The maximum absolute atomic E-state index is 11.0. The molecule has 4 heteroatoms. The number of halogens is 1. The van der Waals surface area contributed by atoms with Crippen molar-refractivity contribution in [2.24, 2.45) is 0 Å². The van der Waals surface area contributed by atoms with Crippen molar-refractivity contribution in [3.63, 3.8) is 0 Å². The van der Waals surface area contributed by atoms with Crippen molar-refractivity contribution >= 4 is 17.5 Å². The molecule has 1 aromatic carbocycles. The number of nitrogens with one attached hydrogen (secondary N) is 2. The van der Waals surface area contributed by atoms with Gasteiger partial charge in [-0.1, -0.05) is 23.7 Å². The van der Waals surface area contributed by atoms with E-state index in [4.69, 9.17) is 11.6 Å². The third-order valence-corrected chi connectivity index (χ3v) is 2.43. The minimum atomic E-state index is -0.0242. The molecule has 0 unspecified atom stereocenters. The van der Waals surface area contributed by atoms with Gasteiger partial charge in [-0.05, 0) is 24.6 Å². The second-order valence-electron chi connectivity index (χ2n) is 3.33. The van der Waals surface area contributed by atoms with E-state index >= 15 is 0 Å². The summed E-state index contributed by atoms with van der Waals surface area (Å²) in [6.45, 7) is 2.30. The fraction of sp³-hybridized carbons (Fsp3) is 0.364. The van der Waals surface area contributed by atoms with Crippen LogP contribution in [0.4, 0.5) is 0 Å². The third-order valence-electron chi connectivity index (χ3n) is 2.20. The number of benzene rings is 1. The highest BCUT2D eigenvalue weighted by Crippen LogP contribution is 2.16. The molecule has 0 saturated heterocycles. The molecule has 0 radical (unpaired) electrons. The summed E-state index contributed by atoms with van der Waals surface area (Å²) in [4.78, 5) is 11.0. The number of hydrogen-bond acceptors (Lipinski definition) is 2. The fourth-order valence-electron chi connectivity index (χ4n) is 1.23. The first kappa shape index (κ1) is 12.0. The van der Waals surface area contributed by atoms with Crippen LogP contribution in [0.25, 0.3) is 0 Å². The zero-order chi connectivity index (χ0) is 11.3. The Hall–Kier alpha value is -1.06. The molecule has 0 aromatic heterocycles. The van der Waals surface area contributed by atoms with Crippen LogP contribution >= 0.6 is 11.6 Å². The van der Waals surface area contributed by atoms with Gasteiger partial charge in [0, 0.05) is 18.1 Å².